The van der Waals surface area contributed by atoms with Crippen LogP contribution in [0.5, 0.6) is 5.75 Å². The van der Waals surface area contributed by atoms with Crippen LogP contribution >= 0.6 is 0 Å². The molecule has 2 heterocycles. The van der Waals surface area contributed by atoms with E-state index in [4.69, 9.17) is 19.7 Å². The van der Waals surface area contributed by atoms with Crippen LogP contribution in [-0.2, 0) is 4.74 Å². The van der Waals surface area contributed by atoms with Crippen LogP contribution in [0.3, 0.4) is 0 Å². The Morgan fingerprint density at radius 1 is 1.10 bits per heavy atom. The zero-order chi connectivity index (χ0) is 28.8. The standard InChI is InChI=1S/C34H39N3O4/c1-4-28(30-10-6-5-9-29(30)23(2)3)33(24-12-15-27(16-13-24)40-20-18-35-34(38)39)25-14-17-31-26(21-25)22-36-37(31)32-11-7-8-19-41-32/h5-6,9-10,12-17,21-23,32,35H,4,7-8,11,18-20H2,1-3H3,(H,38,39)/b33-28+. The number of benzene rings is 3. The second kappa shape index (κ2) is 13.0. The minimum Gasteiger partial charge on any atom is -0.492 e. The highest BCUT2D eigenvalue weighted by molar-refractivity contribution is 6.01. The fraction of sp³-hybridized carbons (Fsp3) is 0.353. The Morgan fingerprint density at radius 3 is 2.59 bits per heavy atom. The van der Waals surface area contributed by atoms with Gasteiger partial charge < -0.3 is 19.9 Å². The van der Waals surface area contributed by atoms with Gasteiger partial charge in [0.05, 0.1) is 18.3 Å². The van der Waals surface area contributed by atoms with Crippen molar-refractivity contribution in [3.63, 3.8) is 0 Å². The second-order valence-corrected chi connectivity index (χ2v) is 10.7. The number of nitrogens with zero attached hydrogens (tertiary/aromatic N) is 2. The molecule has 0 radical (unpaired) electrons. The first-order chi connectivity index (χ1) is 20.0. The summed E-state index contributed by atoms with van der Waals surface area (Å²) in [6.45, 7) is 7.98. The predicted molar refractivity (Wildman–Crippen MR) is 163 cm³/mol. The largest absolute Gasteiger partial charge is 0.492 e. The van der Waals surface area contributed by atoms with Gasteiger partial charge in [0.1, 0.15) is 12.4 Å². The van der Waals surface area contributed by atoms with E-state index in [1.54, 1.807) is 0 Å². The summed E-state index contributed by atoms with van der Waals surface area (Å²) in [4.78, 5) is 10.7. The number of carbonyl (C=O) groups is 1. The summed E-state index contributed by atoms with van der Waals surface area (Å²) in [7, 11) is 0. The monoisotopic (exact) mass is 553 g/mol. The number of rotatable bonds is 10. The first-order valence-corrected chi connectivity index (χ1v) is 14.6. The molecule has 0 saturated carbocycles. The van der Waals surface area contributed by atoms with Gasteiger partial charge in [0.25, 0.3) is 0 Å². The summed E-state index contributed by atoms with van der Waals surface area (Å²) in [6.07, 6.45) is 4.99. The Labute approximate surface area is 241 Å². The molecule has 1 aromatic heterocycles. The topological polar surface area (TPSA) is 85.6 Å². The molecule has 1 atom stereocenters. The number of amides is 1. The van der Waals surface area contributed by atoms with Gasteiger partial charge in [0.2, 0.25) is 0 Å². The number of allylic oxidation sites excluding steroid dienone is 1. The lowest BCUT2D eigenvalue weighted by Gasteiger charge is -2.23. The van der Waals surface area contributed by atoms with Crippen molar-refractivity contribution in [3.8, 4) is 5.75 Å². The molecule has 7 heteroatoms. The molecular formula is C34H39N3O4. The van der Waals surface area contributed by atoms with E-state index >= 15 is 0 Å². The summed E-state index contributed by atoms with van der Waals surface area (Å²) < 4.78 is 13.8. The van der Waals surface area contributed by atoms with Gasteiger partial charge in [-0.1, -0.05) is 63.2 Å². The average molecular weight is 554 g/mol. The fourth-order valence-corrected chi connectivity index (χ4v) is 5.69. The van der Waals surface area contributed by atoms with Gasteiger partial charge in [0.15, 0.2) is 6.23 Å². The number of hydrogen-bond donors (Lipinski definition) is 2. The van der Waals surface area contributed by atoms with Crippen LogP contribution in [0.25, 0.3) is 22.0 Å². The van der Waals surface area contributed by atoms with E-state index in [0.717, 1.165) is 54.3 Å². The van der Waals surface area contributed by atoms with Crippen LogP contribution in [0, 0.1) is 0 Å². The van der Waals surface area contributed by atoms with E-state index in [0.29, 0.717) is 11.7 Å². The van der Waals surface area contributed by atoms with Crippen LogP contribution < -0.4 is 10.1 Å². The maximum absolute atomic E-state index is 10.7. The lowest BCUT2D eigenvalue weighted by atomic mass is 9.84. The maximum Gasteiger partial charge on any atom is 0.404 e. The molecule has 5 rings (SSSR count). The summed E-state index contributed by atoms with van der Waals surface area (Å²) in [5.41, 5.74) is 8.39. The molecule has 0 aliphatic carbocycles. The normalized spacial score (nSPS) is 16.0. The predicted octanol–water partition coefficient (Wildman–Crippen LogP) is 7.87. The second-order valence-electron chi connectivity index (χ2n) is 10.7. The van der Waals surface area contributed by atoms with E-state index in [-0.39, 0.29) is 19.4 Å². The van der Waals surface area contributed by atoms with Crippen LogP contribution in [-0.4, -0.2) is 40.7 Å². The smallest absolute Gasteiger partial charge is 0.404 e. The minimum atomic E-state index is -1.05. The highest BCUT2D eigenvalue weighted by atomic mass is 16.5. The van der Waals surface area contributed by atoms with E-state index in [1.807, 2.05) is 23.0 Å². The summed E-state index contributed by atoms with van der Waals surface area (Å²) in [5, 5.41) is 16.9. The van der Waals surface area contributed by atoms with E-state index < -0.39 is 6.09 Å². The molecule has 1 unspecified atom stereocenters. The Kier molecular flexibility index (Phi) is 9.04. The molecule has 1 aliphatic rings. The SMILES string of the molecule is CC/C(=C(/c1ccc(OCCNC(=O)O)cc1)c1ccc2c(cnn2C2CCCCO2)c1)c1ccccc1C(C)C. The molecule has 0 spiro atoms. The van der Waals surface area contributed by atoms with Gasteiger partial charge in [-0.05, 0) is 89.3 Å². The molecule has 1 aliphatic heterocycles. The lowest BCUT2D eigenvalue weighted by molar-refractivity contribution is -0.0366. The molecule has 2 N–H and O–H groups in total. The Morgan fingerprint density at radius 2 is 1.88 bits per heavy atom. The van der Waals surface area contributed by atoms with Gasteiger partial charge in [-0.2, -0.15) is 5.10 Å². The Balaban J connectivity index is 1.58. The van der Waals surface area contributed by atoms with Gasteiger partial charge in [-0.15, -0.1) is 0 Å². The third-order valence-corrected chi connectivity index (χ3v) is 7.67. The van der Waals surface area contributed by atoms with Crippen molar-refractivity contribution in [2.75, 3.05) is 19.8 Å². The minimum absolute atomic E-state index is 0.00974. The first kappa shape index (κ1) is 28.4. The number of hydrogen-bond acceptors (Lipinski definition) is 4. The van der Waals surface area contributed by atoms with E-state index in [1.165, 1.54) is 22.3 Å². The molecule has 4 aromatic rings. The molecule has 1 amide bonds. The molecular weight excluding hydrogens is 514 g/mol. The van der Waals surface area contributed by atoms with Crippen LogP contribution in [0.2, 0.25) is 0 Å². The highest BCUT2D eigenvalue weighted by Gasteiger charge is 2.21. The summed E-state index contributed by atoms with van der Waals surface area (Å²) >= 11 is 0. The van der Waals surface area contributed by atoms with Crippen molar-refractivity contribution < 1.29 is 19.4 Å². The zero-order valence-electron chi connectivity index (χ0n) is 24.1. The number of nitrogens with one attached hydrogen (secondary N) is 1. The molecule has 3 aromatic carbocycles. The molecule has 214 valence electrons. The lowest BCUT2D eigenvalue weighted by Crippen LogP contribution is -2.26. The van der Waals surface area contributed by atoms with Crippen LogP contribution in [0.1, 0.15) is 80.9 Å². The van der Waals surface area contributed by atoms with Crippen molar-refractivity contribution in [3.05, 3.63) is 95.2 Å². The van der Waals surface area contributed by atoms with Crippen molar-refractivity contribution >= 4 is 28.1 Å². The Bertz CT molecular complexity index is 1510. The van der Waals surface area contributed by atoms with Gasteiger partial charge in [0, 0.05) is 12.0 Å². The molecule has 1 fully saturated rings. The number of carboxylic acid groups (broad SMARTS) is 1. The van der Waals surface area contributed by atoms with Crippen molar-refractivity contribution in [2.24, 2.45) is 0 Å². The first-order valence-electron chi connectivity index (χ1n) is 14.6. The Hall–Kier alpha value is -4.10. The number of aromatic nitrogens is 2. The van der Waals surface area contributed by atoms with Gasteiger partial charge in [-0.25, -0.2) is 9.48 Å². The van der Waals surface area contributed by atoms with Gasteiger partial charge in [-0.3, -0.25) is 0 Å². The maximum atomic E-state index is 10.7. The van der Waals surface area contributed by atoms with Gasteiger partial charge >= 0.3 is 6.09 Å². The average Bonchev–Trinajstić information content (AvgIpc) is 3.42. The molecule has 1 saturated heterocycles. The summed E-state index contributed by atoms with van der Waals surface area (Å²) in [6, 6.07) is 23.4. The molecule has 41 heavy (non-hydrogen) atoms. The number of ether oxygens (including phenoxy) is 2. The third kappa shape index (κ3) is 6.46. The molecule has 7 nitrogen and oxygen atoms in total. The third-order valence-electron chi connectivity index (χ3n) is 7.67. The van der Waals surface area contributed by atoms with Crippen molar-refractivity contribution in [1.82, 2.24) is 15.1 Å². The van der Waals surface area contributed by atoms with Crippen LogP contribution in [0.15, 0.2) is 72.9 Å². The van der Waals surface area contributed by atoms with Crippen LogP contribution in [0.4, 0.5) is 4.79 Å². The fourth-order valence-electron chi connectivity index (χ4n) is 5.69. The highest BCUT2D eigenvalue weighted by Crippen LogP contribution is 2.39. The molecule has 0 bridgehead atoms. The van der Waals surface area contributed by atoms with E-state index in [2.05, 4.69) is 80.7 Å². The van der Waals surface area contributed by atoms with Crippen molar-refractivity contribution in [2.45, 2.75) is 58.6 Å². The van der Waals surface area contributed by atoms with Crippen molar-refractivity contribution in [1.29, 1.82) is 0 Å². The quantitative estimate of drug-likeness (QED) is 0.154. The van der Waals surface area contributed by atoms with E-state index in [9.17, 15) is 4.79 Å². The zero-order valence-corrected chi connectivity index (χ0v) is 24.1. The summed E-state index contributed by atoms with van der Waals surface area (Å²) in [5.74, 6) is 1.09. The number of fused-ring (bicyclic) bond motifs is 1.